The van der Waals surface area contributed by atoms with Crippen molar-refractivity contribution in [1.82, 2.24) is 0 Å². The molecule has 3 nitrogen and oxygen atoms in total. The minimum atomic E-state index is 0.330. The summed E-state index contributed by atoms with van der Waals surface area (Å²) in [5.74, 6) is 5.78. The van der Waals surface area contributed by atoms with Crippen LogP contribution in [0.5, 0.6) is 5.75 Å². The highest BCUT2D eigenvalue weighted by molar-refractivity contribution is 6.33. The van der Waals surface area contributed by atoms with Crippen molar-refractivity contribution in [3.05, 3.63) is 27.8 Å². The number of benzene rings is 1. The van der Waals surface area contributed by atoms with E-state index in [-0.39, 0.29) is 0 Å². The highest BCUT2D eigenvalue weighted by Gasteiger charge is 2.20. The Balaban J connectivity index is 2.51. The lowest BCUT2D eigenvalue weighted by Crippen LogP contribution is -2.03. The monoisotopic (exact) mass is 227 g/mol. The van der Waals surface area contributed by atoms with Crippen molar-refractivity contribution in [3.8, 4) is 5.75 Å². The van der Waals surface area contributed by atoms with Crippen LogP contribution in [0.2, 0.25) is 5.02 Å². The Labute approximate surface area is 94.1 Å². The lowest BCUT2D eigenvalue weighted by Gasteiger charge is -2.13. The number of ether oxygens (including phenoxy) is 1. The standard InChI is InChI=1S/C11H14ClNO2/c1-14-11-8(6-15-13)5-7-3-2-4-9(7)10(11)12/h5H,2-4,6,13H2,1H3. The molecule has 0 bridgehead atoms. The zero-order valence-corrected chi connectivity index (χ0v) is 9.43. The van der Waals surface area contributed by atoms with Gasteiger partial charge in [0.05, 0.1) is 18.7 Å². The van der Waals surface area contributed by atoms with Crippen molar-refractivity contribution >= 4 is 11.6 Å². The van der Waals surface area contributed by atoms with Gasteiger partial charge >= 0.3 is 0 Å². The van der Waals surface area contributed by atoms with E-state index in [1.54, 1.807) is 7.11 Å². The molecule has 0 amide bonds. The third-order valence-corrected chi connectivity index (χ3v) is 3.21. The first-order chi connectivity index (χ1) is 7.27. The van der Waals surface area contributed by atoms with Crippen LogP contribution in [-0.4, -0.2) is 7.11 Å². The van der Waals surface area contributed by atoms with E-state index >= 15 is 0 Å². The van der Waals surface area contributed by atoms with Crippen molar-refractivity contribution < 1.29 is 9.57 Å². The Hall–Kier alpha value is -0.770. The number of nitrogens with two attached hydrogens (primary N) is 1. The SMILES string of the molecule is COc1c(CON)cc2c(c1Cl)CCC2. The van der Waals surface area contributed by atoms with Gasteiger partial charge in [0.25, 0.3) is 0 Å². The lowest BCUT2D eigenvalue weighted by molar-refractivity contribution is 0.122. The molecule has 0 radical (unpaired) electrons. The zero-order chi connectivity index (χ0) is 10.8. The van der Waals surface area contributed by atoms with Gasteiger partial charge in [-0.25, -0.2) is 5.90 Å². The van der Waals surface area contributed by atoms with Crippen LogP contribution < -0.4 is 10.6 Å². The van der Waals surface area contributed by atoms with Gasteiger partial charge in [-0.3, -0.25) is 4.84 Å². The molecule has 1 aromatic carbocycles. The average molecular weight is 228 g/mol. The van der Waals surface area contributed by atoms with Gasteiger partial charge in [-0.15, -0.1) is 0 Å². The quantitative estimate of drug-likeness (QED) is 0.806. The molecule has 0 aliphatic heterocycles. The Morgan fingerprint density at radius 3 is 2.93 bits per heavy atom. The molecule has 1 aliphatic rings. The molecule has 15 heavy (non-hydrogen) atoms. The van der Waals surface area contributed by atoms with Gasteiger partial charge in [-0.05, 0) is 36.5 Å². The number of aryl methyl sites for hydroxylation is 1. The Kier molecular flexibility index (Phi) is 3.14. The van der Waals surface area contributed by atoms with Gasteiger partial charge in [0.1, 0.15) is 5.75 Å². The highest BCUT2D eigenvalue weighted by atomic mass is 35.5. The fraction of sp³-hybridized carbons (Fsp3) is 0.455. The molecule has 0 aromatic heterocycles. The molecule has 0 atom stereocenters. The molecule has 2 rings (SSSR count). The van der Waals surface area contributed by atoms with Crippen LogP contribution in [0.15, 0.2) is 6.07 Å². The summed E-state index contributed by atoms with van der Waals surface area (Å²) in [6.07, 6.45) is 3.27. The van der Waals surface area contributed by atoms with Crippen molar-refractivity contribution in [2.75, 3.05) is 7.11 Å². The number of methoxy groups -OCH3 is 1. The summed E-state index contributed by atoms with van der Waals surface area (Å²) in [5, 5.41) is 0.722. The van der Waals surface area contributed by atoms with Crippen molar-refractivity contribution in [1.29, 1.82) is 0 Å². The maximum atomic E-state index is 6.27. The zero-order valence-electron chi connectivity index (χ0n) is 8.68. The fourth-order valence-corrected chi connectivity index (χ4v) is 2.56. The van der Waals surface area contributed by atoms with E-state index in [1.807, 2.05) is 0 Å². The van der Waals surface area contributed by atoms with Gasteiger partial charge in [0.2, 0.25) is 0 Å². The van der Waals surface area contributed by atoms with E-state index in [2.05, 4.69) is 10.9 Å². The topological polar surface area (TPSA) is 44.5 Å². The minimum Gasteiger partial charge on any atom is -0.495 e. The summed E-state index contributed by atoms with van der Waals surface area (Å²) in [6, 6.07) is 2.08. The van der Waals surface area contributed by atoms with Gasteiger partial charge in [-0.1, -0.05) is 11.6 Å². The molecule has 1 aliphatic carbocycles. The molecule has 2 N–H and O–H groups in total. The molecule has 0 saturated carbocycles. The Morgan fingerprint density at radius 2 is 2.27 bits per heavy atom. The lowest BCUT2D eigenvalue weighted by atomic mass is 10.1. The summed E-state index contributed by atoms with van der Waals surface area (Å²) in [7, 11) is 1.61. The third kappa shape index (κ3) is 1.83. The Bertz CT molecular complexity index is 379. The summed E-state index contributed by atoms with van der Waals surface area (Å²) in [5.41, 5.74) is 3.44. The van der Waals surface area contributed by atoms with E-state index in [4.69, 9.17) is 22.2 Å². The van der Waals surface area contributed by atoms with E-state index < -0.39 is 0 Å². The second-order valence-corrected chi connectivity index (χ2v) is 4.06. The van der Waals surface area contributed by atoms with E-state index in [0.29, 0.717) is 12.4 Å². The van der Waals surface area contributed by atoms with E-state index in [9.17, 15) is 0 Å². The minimum absolute atomic E-state index is 0.330. The third-order valence-electron chi connectivity index (χ3n) is 2.81. The number of hydrogen-bond acceptors (Lipinski definition) is 3. The van der Waals surface area contributed by atoms with Crippen LogP contribution in [0.1, 0.15) is 23.1 Å². The molecular formula is C11H14ClNO2. The average Bonchev–Trinajstić information content (AvgIpc) is 2.67. The maximum absolute atomic E-state index is 6.27. The molecule has 1 aromatic rings. The summed E-state index contributed by atoms with van der Waals surface area (Å²) in [6.45, 7) is 0.330. The van der Waals surface area contributed by atoms with Crippen molar-refractivity contribution in [2.24, 2.45) is 5.90 Å². The van der Waals surface area contributed by atoms with Crippen LogP contribution in [0.4, 0.5) is 0 Å². The number of halogens is 1. The molecule has 0 saturated heterocycles. The second kappa shape index (κ2) is 4.39. The summed E-state index contributed by atoms with van der Waals surface area (Å²) in [4.78, 5) is 4.65. The van der Waals surface area contributed by atoms with Gasteiger partial charge < -0.3 is 4.74 Å². The second-order valence-electron chi connectivity index (χ2n) is 3.69. The van der Waals surface area contributed by atoms with Crippen molar-refractivity contribution in [3.63, 3.8) is 0 Å². The molecule has 0 fully saturated rings. The first-order valence-electron chi connectivity index (χ1n) is 4.96. The molecule has 0 spiro atoms. The highest BCUT2D eigenvalue weighted by Crippen LogP contribution is 2.38. The van der Waals surface area contributed by atoms with Crippen LogP contribution in [0.3, 0.4) is 0 Å². The van der Waals surface area contributed by atoms with Crippen molar-refractivity contribution in [2.45, 2.75) is 25.9 Å². The predicted molar refractivity (Wildman–Crippen MR) is 59.0 cm³/mol. The largest absolute Gasteiger partial charge is 0.495 e. The molecule has 82 valence electrons. The van der Waals surface area contributed by atoms with Crippen LogP contribution in [0, 0.1) is 0 Å². The fourth-order valence-electron chi connectivity index (χ4n) is 2.15. The summed E-state index contributed by atoms with van der Waals surface area (Å²) < 4.78 is 5.29. The molecule has 0 heterocycles. The molecule has 0 unspecified atom stereocenters. The van der Waals surface area contributed by atoms with Crippen LogP contribution >= 0.6 is 11.6 Å². The first-order valence-corrected chi connectivity index (χ1v) is 5.34. The van der Waals surface area contributed by atoms with Gasteiger partial charge in [0, 0.05) is 5.56 Å². The van der Waals surface area contributed by atoms with E-state index in [1.165, 1.54) is 11.1 Å². The van der Waals surface area contributed by atoms with E-state index in [0.717, 1.165) is 29.8 Å². The molecular weight excluding hydrogens is 214 g/mol. The normalized spacial score (nSPS) is 14.1. The number of fused-ring (bicyclic) bond motifs is 1. The summed E-state index contributed by atoms with van der Waals surface area (Å²) >= 11 is 6.27. The van der Waals surface area contributed by atoms with Crippen LogP contribution in [0.25, 0.3) is 0 Å². The number of rotatable bonds is 3. The van der Waals surface area contributed by atoms with Gasteiger partial charge in [0.15, 0.2) is 0 Å². The first kappa shape index (κ1) is 10.7. The molecule has 4 heteroatoms. The predicted octanol–water partition coefficient (Wildman–Crippen LogP) is 2.23. The Morgan fingerprint density at radius 1 is 1.47 bits per heavy atom. The smallest absolute Gasteiger partial charge is 0.143 e. The van der Waals surface area contributed by atoms with Gasteiger partial charge in [-0.2, -0.15) is 0 Å². The van der Waals surface area contributed by atoms with Crippen LogP contribution in [-0.2, 0) is 24.3 Å². The number of hydrogen-bond donors (Lipinski definition) is 1. The maximum Gasteiger partial charge on any atom is 0.143 e.